The van der Waals surface area contributed by atoms with Gasteiger partial charge < -0.3 is 4.57 Å². The lowest BCUT2D eigenvalue weighted by molar-refractivity contribution is 0.274. The van der Waals surface area contributed by atoms with E-state index in [1.165, 1.54) is 35.3 Å². The molecular formula is C15H21N5O4S2. The van der Waals surface area contributed by atoms with Crippen LogP contribution in [-0.4, -0.2) is 55.3 Å². The fourth-order valence-electron chi connectivity index (χ4n) is 2.83. The summed E-state index contributed by atoms with van der Waals surface area (Å²) >= 11 is 0. The van der Waals surface area contributed by atoms with Crippen LogP contribution in [0.4, 0.5) is 0 Å². The summed E-state index contributed by atoms with van der Waals surface area (Å²) in [5.74, 6) is 0.0776. The molecule has 0 unspecified atom stereocenters. The zero-order valence-electron chi connectivity index (χ0n) is 14.3. The lowest BCUT2D eigenvalue weighted by atomic mass is 9.99. The molecule has 0 atom stereocenters. The maximum Gasteiger partial charge on any atom is 0.259 e. The van der Waals surface area contributed by atoms with Crippen LogP contribution < -0.4 is 4.72 Å². The van der Waals surface area contributed by atoms with Crippen LogP contribution in [0.1, 0.15) is 12.8 Å². The third-order valence-electron chi connectivity index (χ3n) is 4.36. The Bertz CT molecular complexity index is 949. The highest BCUT2D eigenvalue weighted by Gasteiger charge is 2.30. The molecule has 2 aromatic rings. The van der Waals surface area contributed by atoms with Crippen molar-refractivity contribution in [1.82, 2.24) is 23.6 Å². The Morgan fingerprint density at radius 3 is 2.54 bits per heavy atom. The summed E-state index contributed by atoms with van der Waals surface area (Å²) < 4.78 is 55.1. The molecule has 1 aliphatic heterocycles. The minimum Gasteiger partial charge on any atom is -0.339 e. The first-order chi connectivity index (χ1) is 12.3. The van der Waals surface area contributed by atoms with Crippen molar-refractivity contribution in [3.8, 4) is 0 Å². The Balaban J connectivity index is 1.56. The maximum absolute atomic E-state index is 12.6. The van der Waals surface area contributed by atoms with Gasteiger partial charge in [0.15, 0.2) is 5.03 Å². The van der Waals surface area contributed by atoms with E-state index in [1.54, 1.807) is 17.7 Å². The van der Waals surface area contributed by atoms with Gasteiger partial charge in [-0.25, -0.2) is 26.5 Å². The molecule has 3 rings (SSSR count). The van der Waals surface area contributed by atoms with Gasteiger partial charge in [-0.3, -0.25) is 4.98 Å². The van der Waals surface area contributed by atoms with Crippen LogP contribution in [0, 0.1) is 5.92 Å². The van der Waals surface area contributed by atoms with Crippen LogP contribution in [0.2, 0.25) is 0 Å². The number of aryl methyl sites for hydroxylation is 1. The van der Waals surface area contributed by atoms with Crippen molar-refractivity contribution >= 4 is 20.0 Å². The summed E-state index contributed by atoms with van der Waals surface area (Å²) in [6.45, 7) is 0.972. The molecule has 1 fully saturated rings. The van der Waals surface area contributed by atoms with Gasteiger partial charge >= 0.3 is 0 Å². The van der Waals surface area contributed by atoms with Crippen LogP contribution in [-0.2, 0) is 27.1 Å². The molecule has 0 bridgehead atoms. The Morgan fingerprint density at radius 1 is 1.23 bits per heavy atom. The van der Waals surface area contributed by atoms with Gasteiger partial charge in [-0.1, -0.05) is 0 Å². The predicted molar refractivity (Wildman–Crippen MR) is 94.1 cm³/mol. The molecule has 1 N–H and O–H groups in total. The fourth-order valence-corrected chi connectivity index (χ4v) is 5.36. The highest BCUT2D eigenvalue weighted by atomic mass is 32.2. The minimum atomic E-state index is -3.65. The molecule has 0 aromatic carbocycles. The molecule has 0 aliphatic carbocycles. The van der Waals surface area contributed by atoms with Gasteiger partial charge in [0.1, 0.15) is 4.90 Å². The number of sulfonamides is 2. The number of nitrogens with zero attached hydrogens (tertiary/aromatic N) is 4. The summed E-state index contributed by atoms with van der Waals surface area (Å²) in [7, 11) is -5.50. The predicted octanol–water partition coefficient (Wildman–Crippen LogP) is 0.194. The van der Waals surface area contributed by atoms with Crippen LogP contribution in [0.15, 0.2) is 47.0 Å². The highest BCUT2D eigenvalue weighted by Crippen LogP contribution is 2.23. The Kier molecular flexibility index (Phi) is 5.42. The summed E-state index contributed by atoms with van der Waals surface area (Å²) in [4.78, 5) is 7.88. The van der Waals surface area contributed by atoms with Crippen molar-refractivity contribution in [3.63, 3.8) is 0 Å². The molecule has 1 saturated heterocycles. The second-order valence-electron chi connectivity index (χ2n) is 6.27. The minimum absolute atomic E-state index is 0.0170. The van der Waals surface area contributed by atoms with Gasteiger partial charge in [0.05, 0.1) is 6.33 Å². The van der Waals surface area contributed by atoms with E-state index in [9.17, 15) is 16.8 Å². The van der Waals surface area contributed by atoms with Crippen molar-refractivity contribution in [2.45, 2.75) is 22.8 Å². The highest BCUT2D eigenvalue weighted by molar-refractivity contribution is 7.89. The molecular weight excluding hydrogens is 378 g/mol. The third-order valence-corrected chi connectivity index (χ3v) is 7.55. The van der Waals surface area contributed by atoms with E-state index in [4.69, 9.17) is 0 Å². The number of hydrogen-bond acceptors (Lipinski definition) is 6. The van der Waals surface area contributed by atoms with Crippen molar-refractivity contribution in [3.05, 3.63) is 37.1 Å². The smallest absolute Gasteiger partial charge is 0.259 e. The van der Waals surface area contributed by atoms with Crippen LogP contribution in [0.3, 0.4) is 0 Å². The van der Waals surface area contributed by atoms with E-state index in [0.29, 0.717) is 25.9 Å². The molecule has 142 valence electrons. The van der Waals surface area contributed by atoms with Crippen molar-refractivity contribution < 1.29 is 16.8 Å². The number of hydrogen-bond donors (Lipinski definition) is 1. The van der Waals surface area contributed by atoms with Crippen molar-refractivity contribution in [2.24, 2.45) is 13.0 Å². The quantitative estimate of drug-likeness (QED) is 0.742. The zero-order valence-corrected chi connectivity index (χ0v) is 15.9. The fraction of sp³-hybridized carbons (Fsp3) is 0.467. The van der Waals surface area contributed by atoms with Crippen molar-refractivity contribution in [2.75, 3.05) is 19.6 Å². The van der Waals surface area contributed by atoms with E-state index < -0.39 is 20.0 Å². The summed E-state index contributed by atoms with van der Waals surface area (Å²) in [6, 6.07) is 3.11. The first kappa shape index (κ1) is 19.0. The molecule has 0 spiro atoms. The first-order valence-corrected chi connectivity index (χ1v) is 11.1. The number of rotatable bonds is 6. The average Bonchev–Trinajstić information content (AvgIpc) is 3.09. The van der Waals surface area contributed by atoms with Gasteiger partial charge in [0.2, 0.25) is 10.0 Å². The molecule has 2 aromatic heterocycles. The lowest BCUT2D eigenvalue weighted by Crippen LogP contribution is -2.41. The molecule has 0 amide bonds. The molecule has 0 saturated carbocycles. The van der Waals surface area contributed by atoms with Gasteiger partial charge in [-0.2, -0.15) is 4.31 Å². The maximum atomic E-state index is 12.6. The Labute approximate surface area is 153 Å². The topological polar surface area (TPSA) is 114 Å². The number of aromatic nitrogens is 3. The molecule has 1 aliphatic rings. The van der Waals surface area contributed by atoms with E-state index in [0.717, 1.165) is 0 Å². The van der Waals surface area contributed by atoms with Crippen molar-refractivity contribution in [1.29, 1.82) is 0 Å². The Hall–Kier alpha value is -1.82. The zero-order chi connectivity index (χ0) is 18.8. The van der Waals surface area contributed by atoms with Gasteiger partial charge in [-0.15, -0.1) is 0 Å². The molecule has 3 heterocycles. The normalized spacial score (nSPS) is 17.4. The van der Waals surface area contributed by atoms with E-state index in [1.807, 2.05) is 0 Å². The molecule has 0 radical (unpaired) electrons. The molecule has 9 nitrogen and oxygen atoms in total. The standard InChI is InChI=1S/C15H21N5O4S2/c1-19-11-15(17-12-19)25(21,22)18-9-13-4-7-20(8-5-13)26(23,24)14-3-2-6-16-10-14/h2-3,6,10-13,18H,4-5,7-9H2,1H3. The Morgan fingerprint density at radius 2 is 1.96 bits per heavy atom. The van der Waals surface area contributed by atoms with Gasteiger partial charge in [0.25, 0.3) is 10.0 Å². The van der Waals surface area contributed by atoms with E-state index in [2.05, 4.69) is 14.7 Å². The second-order valence-corrected chi connectivity index (χ2v) is 9.92. The number of piperidine rings is 1. The van der Waals surface area contributed by atoms with E-state index >= 15 is 0 Å². The summed E-state index contributed by atoms with van der Waals surface area (Å²) in [5.41, 5.74) is 0. The van der Waals surface area contributed by atoms with Gasteiger partial charge in [-0.05, 0) is 30.9 Å². The number of pyridine rings is 1. The van der Waals surface area contributed by atoms with Crippen LogP contribution in [0.5, 0.6) is 0 Å². The van der Waals surface area contributed by atoms with Gasteiger partial charge in [0, 0.05) is 45.3 Å². The summed E-state index contributed by atoms with van der Waals surface area (Å²) in [6.07, 6.45) is 6.90. The third kappa shape index (κ3) is 4.11. The molecule has 26 heavy (non-hydrogen) atoms. The number of imidazole rings is 1. The monoisotopic (exact) mass is 399 g/mol. The van der Waals surface area contributed by atoms with Crippen LogP contribution >= 0.6 is 0 Å². The van der Waals surface area contributed by atoms with E-state index in [-0.39, 0.29) is 22.4 Å². The second kappa shape index (κ2) is 7.43. The molecule has 11 heteroatoms. The average molecular weight is 399 g/mol. The largest absolute Gasteiger partial charge is 0.339 e. The lowest BCUT2D eigenvalue weighted by Gasteiger charge is -2.31. The first-order valence-electron chi connectivity index (χ1n) is 8.17. The SMILES string of the molecule is Cn1cnc(S(=O)(=O)NCC2CCN(S(=O)(=O)c3cccnc3)CC2)c1. The number of nitrogens with one attached hydrogen (secondary N) is 1. The summed E-state index contributed by atoms with van der Waals surface area (Å²) in [5, 5.41) is -0.0170. The van der Waals surface area contributed by atoms with Crippen LogP contribution in [0.25, 0.3) is 0 Å².